The number of rotatable bonds is 4. The monoisotopic (exact) mass is 665 g/mol. The van der Waals surface area contributed by atoms with E-state index in [1.165, 1.54) is 16.3 Å². The van der Waals surface area contributed by atoms with E-state index in [9.17, 15) is 10.2 Å². The van der Waals surface area contributed by atoms with Crippen LogP contribution in [0.4, 0.5) is 0 Å². The summed E-state index contributed by atoms with van der Waals surface area (Å²) in [6.07, 6.45) is 4.68. The maximum Gasteiger partial charge on any atom is 0.0626 e. The molecule has 2 aliphatic carbocycles. The van der Waals surface area contributed by atoms with Crippen LogP contribution in [0.2, 0.25) is 0 Å². The van der Waals surface area contributed by atoms with E-state index < -0.39 is 0 Å². The van der Waals surface area contributed by atoms with Crippen molar-refractivity contribution < 1.29 is 30.3 Å². The Hall–Kier alpha value is -1.58. The van der Waals surface area contributed by atoms with Crippen LogP contribution in [0, 0.1) is 55.4 Å². The molecule has 0 saturated heterocycles. The van der Waals surface area contributed by atoms with Crippen molar-refractivity contribution in [3.05, 3.63) is 65.9 Å². The second kappa shape index (κ2) is 12.3. The minimum Gasteiger partial charge on any atom is -0.392 e. The fraction of sp³-hybridized carbons (Fsp3) is 0.531. The third-order valence-corrected chi connectivity index (χ3v) is 8.14. The van der Waals surface area contributed by atoms with Gasteiger partial charge in [-0.1, -0.05) is 65.8 Å². The molecule has 4 unspecified atom stereocenters. The molecule has 6 atom stereocenters. The van der Waals surface area contributed by atoms with Crippen LogP contribution < -0.4 is 0 Å². The predicted molar refractivity (Wildman–Crippen MR) is 145 cm³/mol. The zero-order chi connectivity index (χ0) is 25.3. The molecule has 1 radical (unpaired) electrons. The Bertz CT molecular complexity index is 1120. The average Bonchev–Trinajstić information content (AvgIpc) is 3.28. The van der Waals surface area contributed by atoms with Gasteiger partial charge in [-0.2, -0.15) is 0 Å². The molecular formula is C32H42IrNO2-. The molecule has 0 spiro atoms. The van der Waals surface area contributed by atoms with Crippen LogP contribution in [0.1, 0.15) is 58.1 Å². The van der Waals surface area contributed by atoms with Crippen molar-refractivity contribution in [1.29, 1.82) is 0 Å². The third-order valence-electron chi connectivity index (χ3n) is 8.14. The van der Waals surface area contributed by atoms with E-state index >= 15 is 0 Å². The van der Waals surface area contributed by atoms with Crippen molar-refractivity contribution in [2.24, 2.45) is 35.5 Å². The maximum atomic E-state index is 10.4. The Labute approximate surface area is 231 Å². The Balaban J connectivity index is 0.000000196. The van der Waals surface area contributed by atoms with Gasteiger partial charge in [0.25, 0.3) is 0 Å². The van der Waals surface area contributed by atoms with Gasteiger partial charge < -0.3 is 15.2 Å². The van der Waals surface area contributed by atoms with Crippen molar-refractivity contribution in [1.82, 2.24) is 4.98 Å². The quantitative estimate of drug-likeness (QED) is 0.296. The molecule has 5 rings (SSSR count). The van der Waals surface area contributed by atoms with Gasteiger partial charge in [0.1, 0.15) is 0 Å². The molecule has 4 heteroatoms. The summed E-state index contributed by atoms with van der Waals surface area (Å²) >= 11 is 0. The smallest absolute Gasteiger partial charge is 0.0626 e. The molecule has 3 nitrogen and oxygen atoms in total. The normalized spacial score (nSPS) is 27.1. The zero-order valence-corrected chi connectivity index (χ0v) is 24.9. The molecule has 2 N–H and O–H groups in total. The molecule has 3 aromatic rings. The third kappa shape index (κ3) is 6.27. The topological polar surface area (TPSA) is 53.4 Å². The predicted octanol–water partition coefficient (Wildman–Crippen LogP) is 7.00. The average molecular weight is 665 g/mol. The SMILES string of the molecule is CC(C)C[C@H]1CC2C[C@H](C(C)C)C(O)C2C1O.Cc1[c-]c(-c2nccc3ccccc23)cc(C)c1.[Ir]. The molecule has 0 amide bonds. The van der Waals surface area contributed by atoms with E-state index in [4.69, 9.17) is 0 Å². The molecule has 0 aliphatic heterocycles. The molecule has 1 aromatic heterocycles. The Morgan fingerprint density at radius 3 is 2.33 bits per heavy atom. The van der Waals surface area contributed by atoms with Crippen molar-refractivity contribution in [2.75, 3.05) is 0 Å². The molecule has 197 valence electrons. The first-order valence-corrected chi connectivity index (χ1v) is 13.4. The number of pyridine rings is 1. The summed E-state index contributed by atoms with van der Waals surface area (Å²) < 4.78 is 0. The fourth-order valence-electron chi connectivity index (χ4n) is 6.65. The van der Waals surface area contributed by atoms with E-state index in [1.54, 1.807) is 0 Å². The number of nitrogens with zero attached hydrogens (tertiary/aromatic N) is 1. The van der Waals surface area contributed by atoms with Gasteiger partial charge in [-0.15, -0.1) is 34.9 Å². The number of aromatic nitrogens is 1. The number of benzene rings is 2. The fourth-order valence-corrected chi connectivity index (χ4v) is 6.65. The summed E-state index contributed by atoms with van der Waals surface area (Å²) in [5.74, 6) is 2.73. The standard InChI is InChI=1S/C17H14N.C15H28O2.Ir/c1-12-9-13(2)11-15(10-12)17-16-6-4-3-5-14(16)7-8-18-17;1-8(2)5-11-6-10-7-12(9(3)4)15(17)13(10)14(11)16;/h3-10H,1-2H3;8-17H,5-7H2,1-4H3;/q-1;;/t;10?,11-,12+,13?,14?,15?;/m.0./s1. The Kier molecular flexibility index (Phi) is 9.91. The van der Waals surface area contributed by atoms with Gasteiger partial charge in [-0.25, -0.2) is 0 Å². The first kappa shape index (κ1) is 29.0. The van der Waals surface area contributed by atoms with Crippen LogP contribution in [0.5, 0.6) is 0 Å². The van der Waals surface area contributed by atoms with Crippen LogP contribution in [-0.2, 0) is 20.1 Å². The molecule has 2 aliphatic rings. The van der Waals surface area contributed by atoms with Crippen LogP contribution in [0.3, 0.4) is 0 Å². The molecule has 36 heavy (non-hydrogen) atoms. The Morgan fingerprint density at radius 2 is 1.69 bits per heavy atom. The largest absolute Gasteiger partial charge is 0.392 e. The number of hydrogen-bond donors (Lipinski definition) is 2. The van der Waals surface area contributed by atoms with Crippen molar-refractivity contribution in [2.45, 2.75) is 73.0 Å². The zero-order valence-electron chi connectivity index (χ0n) is 22.5. The molecule has 2 aromatic carbocycles. The van der Waals surface area contributed by atoms with Gasteiger partial charge in [0, 0.05) is 32.2 Å². The number of hydrogen-bond acceptors (Lipinski definition) is 3. The first-order valence-electron chi connectivity index (χ1n) is 13.4. The summed E-state index contributed by atoms with van der Waals surface area (Å²) in [5.41, 5.74) is 4.49. The van der Waals surface area contributed by atoms with Crippen molar-refractivity contribution >= 4 is 10.8 Å². The van der Waals surface area contributed by atoms with E-state index in [2.05, 4.69) is 89.0 Å². The van der Waals surface area contributed by atoms with Gasteiger partial charge in [0.15, 0.2) is 0 Å². The summed E-state index contributed by atoms with van der Waals surface area (Å²) in [4.78, 5) is 4.53. The van der Waals surface area contributed by atoms with Crippen LogP contribution >= 0.6 is 0 Å². The second-order valence-electron chi connectivity index (χ2n) is 11.7. The van der Waals surface area contributed by atoms with Gasteiger partial charge in [-0.05, 0) is 71.4 Å². The van der Waals surface area contributed by atoms with E-state index in [1.807, 2.05) is 12.3 Å². The summed E-state index contributed by atoms with van der Waals surface area (Å²) in [6, 6.07) is 18.0. The van der Waals surface area contributed by atoms with E-state index in [0.29, 0.717) is 29.6 Å². The summed E-state index contributed by atoms with van der Waals surface area (Å²) in [7, 11) is 0. The molecule has 0 bridgehead atoms. The molecule has 1 heterocycles. The van der Waals surface area contributed by atoms with Crippen LogP contribution in [0.25, 0.3) is 22.0 Å². The van der Waals surface area contributed by atoms with Crippen molar-refractivity contribution in [3.63, 3.8) is 0 Å². The van der Waals surface area contributed by atoms with Gasteiger partial charge in [-0.3, -0.25) is 0 Å². The van der Waals surface area contributed by atoms with Crippen LogP contribution in [0.15, 0.2) is 48.7 Å². The first-order chi connectivity index (χ1) is 16.7. The molecule has 2 fully saturated rings. The maximum absolute atomic E-state index is 10.4. The number of fused-ring (bicyclic) bond motifs is 2. The van der Waals surface area contributed by atoms with E-state index in [0.717, 1.165) is 36.1 Å². The molecular weight excluding hydrogens is 623 g/mol. The van der Waals surface area contributed by atoms with Crippen molar-refractivity contribution in [3.8, 4) is 11.3 Å². The summed E-state index contributed by atoms with van der Waals surface area (Å²) in [6.45, 7) is 13.0. The summed E-state index contributed by atoms with van der Waals surface area (Å²) in [5, 5.41) is 23.2. The van der Waals surface area contributed by atoms with Gasteiger partial charge in [0.05, 0.1) is 12.2 Å². The van der Waals surface area contributed by atoms with Crippen LogP contribution in [-0.4, -0.2) is 27.4 Å². The minimum atomic E-state index is -0.271. The number of aliphatic hydroxyl groups excluding tert-OH is 2. The molecule has 2 saturated carbocycles. The Morgan fingerprint density at radius 1 is 0.972 bits per heavy atom. The van der Waals surface area contributed by atoms with Gasteiger partial charge in [0.2, 0.25) is 0 Å². The minimum absolute atomic E-state index is 0. The van der Waals surface area contributed by atoms with Gasteiger partial charge >= 0.3 is 0 Å². The number of aliphatic hydroxyl groups is 2. The number of aryl methyl sites for hydroxylation is 2. The van der Waals surface area contributed by atoms with E-state index in [-0.39, 0.29) is 38.2 Å². The second-order valence-corrected chi connectivity index (χ2v) is 11.7.